The fourth-order valence-corrected chi connectivity index (χ4v) is 5.38. The SMILES string of the molecule is C=CCON(C1C=C(C)C(CO[Si](C)(C)C(C)(C)C)=NC1)S(=O)(=O)c1ccccc1[N+](=O)[O-]. The normalized spacial score (nSPS) is 17.5. The maximum absolute atomic E-state index is 13.4. The van der Waals surface area contributed by atoms with Crippen LogP contribution in [-0.4, -0.2) is 57.6 Å². The third kappa shape index (κ3) is 6.24. The van der Waals surface area contributed by atoms with E-state index in [9.17, 15) is 18.5 Å². The summed E-state index contributed by atoms with van der Waals surface area (Å²) in [5.74, 6) is 0. The molecule has 1 unspecified atom stereocenters. The van der Waals surface area contributed by atoms with E-state index in [2.05, 4.69) is 45.4 Å². The van der Waals surface area contributed by atoms with Crippen LogP contribution in [0.25, 0.3) is 0 Å². The van der Waals surface area contributed by atoms with Gasteiger partial charge in [0, 0.05) is 6.07 Å². The van der Waals surface area contributed by atoms with E-state index in [4.69, 9.17) is 9.26 Å². The Morgan fingerprint density at radius 3 is 2.52 bits per heavy atom. The van der Waals surface area contributed by atoms with Gasteiger partial charge in [-0.15, -0.1) is 6.58 Å². The zero-order valence-corrected chi connectivity index (χ0v) is 21.9. The third-order valence-electron chi connectivity index (χ3n) is 5.91. The number of hydrogen-bond acceptors (Lipinski definition) is 7. The molecule has 0 aromatic heterocycles. The average Bonchev–Trinajstić information content (AvgIpc) is 2.72. The van der Waals surface area contributed by atoms with Crippen LogP contribution in [0, 0.1) is 10.1 Å². The van der Waals surface area contributed by atoms with Gasteiger partial charge in [-0.05, 0) is 36.7 Å². The largest absolute Gasteiger partial charge is 0.411 e. The molecule has 2 rings (SSSR count). The number of dihydropyridines is 1. The van der Waals surface area contributed by atoms with E-state index in [1.165, 1.54) is 24.3 Å². The second kappa shape index (κ2) is 10.4. The van der Waals surface area contributed by atoms with Crippen molar-refractivity contribution in [2.45, 2.75) is 56.8 Å². The van der Waals surface area contributed by atoms with Crippen LogP contribution in [-0.2, 0) is 19.3 Å². The molecule has 0 spiro atoms. The minimum Gasteiger partial charge on any atom is -0.411 e. The Hall–Kier alpha value is -2.18. The van der Waals surface area contributed by atoms with Gasteiger partial charge < -0.3 is 4.43 Å². The first-order valence-electron chi connectivity index (χ1n) is 10.6. The Morgan fingerprint density at radius 2 is 1.97 bits per heavy atom. The Balaban J connectivity index is 2.33. The molecule has 1 aliphatic rings. The monoisotopic (exact) mass is 495 g/mol. The van der Waals surface area contributed by atoms with E-state index in [-0.39, 0.29) is 18.2 Å². The quantitative estimate of drug-likeness (QED) is 0.205. The molecule has 0 saturated carbocycles. The lowest BCUT2D eigenvalue weighted by atomic mass is 10.1. The van der Waals surface area contributed by atoms with Crippen LogP contribution >= 0.6 is 0 Å². The molecule has 1 aliphatic heterocycles. The Kier molecular flexibility index (Phi) is 8.52. The van der Waals surface area contributed by atoms with Gasteiger partial charge in [0.15, 0.2) is 13.2 Å². The molecule has 1 aromatic rings. The molecular formula is C22H33N3O6SSi. The molecule has 0 saturated heterocycles. The van der Waals surface area contributed by atoms with Crippen molar-refractivity contribution in [3.8, 4) is 0 Å². The Morgan fingerprint density at radius 1 is 1.33 bits per heavy atom. The van der Waals surface area contributed by atoms with Crippen LogP contribution in [0.4, 0.5) is 5.69 Å². The van der Waals surface area contributed by atoms with Gasteiger partial charge in [-0.25, -0.2) is 8.42 Å². The average molecular weight is 496 g/mol. The van der Waals surface area contributed by atoms with Gasteiger partial charge in [0.05, 0.1) is 36.4 Å². The number of benzene rings is 1. The molecule has 9 nitrogen and oxygen atoms in total. The predicted octanol–water partition coefficient (Wildman–Crippen LogP) is 4.49. The third-order valence-corrected chi connectivity index (χ3v) is 12.1. The molecule has 33 heavy (non-hydrogen) atoms. The molecule has 0 aliphatic carbocycles. The van der Waals surface area contributed by atoms with Gasteiger partial charge in [0.25, 0.3) is 15.7 Å². The van der Waals surface area contributed by atoms with Crippen molar-refractivity contribution in [1.29, 1.82) is 0 Å². The van der Waals surface area contributed by atoms with Crippen LogP contribution in [0.2, 0.25) is 18.1 Å². The Labute approximate surface area is 197 Å². The van der Waals surface area contributed by atoms with Crippen LogP contribution in [0.3, 0.4) is 0 Å². The highest BCUT2D eigenvalue weighted by Crippen LogP contribution is 2.36. The summed E-state index contributed by atoms with van der Waals surface area (Å²) >= 11 is 0. The van der Waals surface area contributed by atoms with Crippen molar-refractivity contribution < 1.29 is 22.6 Å². The maximum atomic E-state index is 13.4. The zero-order chi connectivity index (χ0) is 25.0. The maximum Gasteiger partial charge on any atom is 0.289 e. The number of hydroxylamine groups is 1. The van der Waals surface area contributed by atoms with Gasteiger partial charge in [-0.1, -0.05) is 49.5 Å². The molecule has 182 valence electrons. The van der Waals surface area contributed by atoms with E-state index in [1.807, 2.05) is 6.92 Å². The molecular weight excluding hydrogens is 462 g/mol. The summed E-state index contributed by atoms with van der Waals surface area (Å²) < 4.78 is 33.8. The smallest absolute Gasteiger partial charge is 0.289 e. The molecule has 0 fully saturated rings. The fourth-order valence-electron chi connectivity index (χ4n) is 2.91. The van der Waals surface area contributed by atoms with E-state index in [1.54, 1.807) is 6.08 Å². The number of nitro groups is 1. The minimum atomic E-state index is -4.36. The molecule has 1 atom stereocenters. The number of rotatable bonds is 10. The molecule has 0 N–H and O–H groups in total. The first kappa shape index (κ1) is 27.1. The molecule has 0 radical (unpaired) electrons. The van der Waals surface area contributed by atoms with Gasteiger partial charge in [0.2, 0.25) is 0 Å². The van der Waals surface area contributed by atoms with Crippen molar-refractivity contribution in [1.82, 2.24) is 4.47 Å². The first-order valence-corrected chi connectivity index (χ1v) is 14.9. The van der Waals surface area contributed by atoms with Crippen molar-refractivity contribution >= 4 is 29.7 Å². The van der Waals surface area contributed by atoms with Gasteiger partial charge in [-0.3, -0.25) is 19.9 Å². The predicted molar refractivity (Wildman–Crippen MR) is 131 cm³/mol. The van der Waals surface area contributed by atoms with E-state index >= 15 is 0 Å². The number of nitrogens with zero attached hydrogens (tertiary/aromatic N) is 3. The van der Waals surface area contributed by atoms with Gasteiger partial charge in [-0.2, -0.15) is 0 Å². The number of aliphatic imine (C=N–C) groups is 1. The zero-order valence-electron chi connectivity index (χ0n) is 20.1. The highest BCUT2D eigenvalue weighted by Gasteiger charge is 2.39. The van der Waals surface area contributed by atoms with Crippen molar-refractivity contribution in [3.63, 3.8) is 0 Å². The number of nitro benzene ring substituents is 1. The highest BCUT2D eigenvalue weighted by molar-refractivity contribution is 7.89. The lowest BCUT2D eigenvalue weighted by Gasteiger charge is -2.36. The van der Waals surface area contributed by atoms with E-state index < -0.39 is 39.9 Å². The fraction of sp³-hybridized carbons (Fsp3) is 0.500. The Bertz CT molecular complexity index is 1060. The van der Waals surface area contributed by atoms with Gasteiger partial charge in [0.1, 0.15) is 0 Å². The second-order valence-electron chi connectivity index (χ2n) is 9.32. The summed E-state index contributed by atoms with van der Waals surface area (Å²) in [6, 6.07) is 4.41. The van der Waals surface area contributed by atoms with E-state index in [0.29, 0.717) is 6.61 Å². The molecule has 0 bridgehead atoms. The molecule has 1 aromatic carbocycles. The van der Waals surface area contributed by atoms with Gasteiger partial charge >= 0.3 is 0 Å². The lowest BCUT2D eigenvalue weighted by Crippen LogP contribution is -2.44. The second-order valence-corrected chi connectivity index (χ2v) is 15.9. The number of para-hydroxylation sites is 1. The number of sulfonamides is 1. The summed E-state index contributed by atoms with van der Waals surface area (Å²) in [7, 11) is -6.34. The van der Waals surface area contributed by atoms with Crippen LogP contribution < -0.4 is 0 Å². The minimum absolute atomic E-state index is 0.0518. The molecule has 0 amide bonds. The molecule has 11 heteroatoms. The summed E-state index contributed by atoms with van der Waals surface area (Å²) in [4.78, 5) is 20.3. The topological polar surface area (TPSA) is 111 Å². The van der Waals surface area contributed by atoms with E-state index in [0.717, 1.165) is 21.8 Å². The summed E-state index contributed by atoms with van der Waals surface area (Å²) in [6.45, 7) is 16.5. The lowest BCUT2D eigenvalue weighted by molar-refractivity contribution is -0.387. The summed E-state index contributed by atoms with van der Waals surface area (Å²) in [5.41, 5.74) is 1.01. The standard InChI is InChI=1S/C22H33N3O6SSi/c1-8-13-30-25(32(28,29)21-12-10-9-11-20(21)24(26)27)18-14-17(2)19(23-15-18)16-31-33(6,7)22(3,4)5/h8-12,14,18H,1,13,15-16H2,2-7H3. The van der Waals surface area contributed by atoms with Crippen molar-refractivity contribution in [2.24, 2.45) is 4.99 Å². The van der Waals surface area contributed by atoms with Crippen molar-refractivity contribution in [3.05, 3.63) is 58.7 Å². The first-order chi connectivity index (χ1) is 15.2. The summed E-state index contributed by atoms with van der Waals surface area (Å²) in [5, 5.41) is 11.5. The summed E-state index contributed by atoms with van der Waals surface area (Å²) in [6.07, 6.45) is 3.15. The molecule has 1 heterocycles. The van der Waals surface area contributed by atoms with Crippen molar-refractivity contribution in [2.75, 3.05) is 19.8 Å². The van der Waals surface area contributed by atoms with Crippen LogP contribution in [0.1, 0.15) is 27.7 Å². The van der Waals surface area contributed by atoms with Crippen LogP contribution in [0.5, 0.6) is 0 Å². The number of hydrogen-bond donors (Lipinski definition) is 0. The highest BCUT2D eigenvalue weighted by atomic mass is 32.2. The van der Waals surface area contributed by atoms with Crippen LogP contribution in [0.15, 0.2) is 58.5 Å².